The number of carbonyl (C=O) groups is 1. The topological polar surface area (TPSA) is 43.8 Å². The lowest BCUT2D eigenvalue weighted by Crippen LogP contribution is -2.54. The molecule has 0 amide bonds. The van der Waals surface area contributed by atoms with E-state index in [1.54, 1.807) is 31.0 Å². The number of piperazine rings is 1. The highest BCUT2D eigenvalue weighted by Crippen LogP contribution is 2.24. The number of carboxylic acids is 1. The van der Waals surface area contributed by atoms with E-state index in [4.69, 9.17) is 11.6 Å². The Balaban J connectivity index is 2.15. The van der Waals surface area contributed by atoms with Gasteiger partial charge in [-0.3, -0.25) is 14.6 Å². The minimum atomic E-state index is -0.854. The average molecular weight is 301 g/mol. The maximum atomic E-state index is 14.1. The number of nitrogens with zero attached hydrogens (tertiary/aromatic N) is 2. The molecule has 0 aliphatic carbocycles. The van der Waals surface area contributed by atoms with Gasteiger partial charge in [0, 0.05) is 36.8 Å². The second kappa shape index (κ2) is 6.08. The van der Waals surface area contributed by atoms with Crippen molar-refractivity contribution in [3.8, 4) is 0 Å². The van der Waals surface area contributed by atoms with Gasteiger partial charge in [-0.25, -0.2) is 4.39 Å². The number of rotatable bonds is 3. The number of hydrogen-bond donors (Lipinski definition) is 1. The van der Waals surface area contributed by atoms with Crippen LogP contribution in [0, 0.1) is 12.7 Å². The van der Waals surface area contributed by atoms with Gasteiger partial charge >= 0.3 is 5.97 Å². The predicted molar refractivity (Wildman–Crippen MR) is 75.5 cm³/mol. The Morgan fingerprint density at radius 2 is 2.20 bits per heavy atom. The summed E-state index contributed by atoms with van der Waals surface area (Å²) in [4.78, 5) is 14.9. The zero-order valence-electron chi connectivity index (χ0n) is 11.6. The number of halogens is 2. The molecule has 0 aromatic heterocycles. The van der Waals surface area contributed by atoms with Gasteiger partial charge in [0.1, 0.15) is 11.9 Å². The molecule has 1 aromatic carbocycles. The lowest BCUT2D eigenvalue weighted by Gasteiger charge is -2.37. The van der Waals surface area contributed by atoms with Crippen molar-refractivity contribution in [2.45, 2.75) is 19.5 Å². The Labute approximate surface area is 122 Å². The highest BCUT2D eigenvalue weighted by Gasteiger charge is 2.30. The first-order valence-electron chi connectivity index (χ1n) is 6.49. The Bertz CT molecular complexity index is 524. The number of hydrogen-bond acceptors (Lipinski definition) is 3. The molecule has 1 atom stereocenters. The van der Waals surface area contributed by atoms with Crippen LogP contribution >= 0.6 is 11.6 Å². The summed E-state index contributed by atoms with van der Waals surface area (Å²) in [6, 6.07) is 2.76. The smallest absolute Gasteiger partial charge is 0.322 e. The van der Waals surface area contributed by atoms with Crippen LogP contribution in [0.3, 0.4) is 0 Å². The van der Waals surface area contributed by atoms with Crippen molar-refractivity contribution in [2.24, 2.45) is 0 Å². The van der Waals surface area contributed by atoms with Crippen molar-refractivity contribution in [3.63, 3.8) is 0 Å². The van der Waals surface area contributed by atoms with Crippen molar-refractivity contribution in [1.29, 1.82) is 0 Å². The molecule has 0 saturated carbocycles. The van der Waals surface area contributed by atoms with Gasteiger partial charge < -0.3 is 5.11 Å². The molecule has 2 rings (SSSR count). The molecule has 1 aliphatic heterocycles. The molecule has 4 nitrogen and oxygen atoms in total. The first-order valence-corrected chi connectivity index (χ1v) is 6.87. The monoisotopic (exact) mass is 300 g/mol. The molecule has 0 radical (unpaired) electrons. The maximum absolute atomic E-state index is 14.1. The van der Waals surface area contributed by atoms with Crippen LogP contribution in [0.15, 0.2) is 12.1 Å². The minimum Gasteiger partial charge on any atom is -0.480 e. The van der Waals surface area contributed by atoms with Crippen LogP contribution in [-0.4, -0.2) is 53.6 Å². The fourth-order valence-electron chi connectivity index (χ4n) is 2.42. The van der Waals surface area contributed by atoms with Crippen LogP contribution in [0.5, 0.6) is 0 Å². The van der Waals surface area contributed by atoms with E-state index in [0.717, 1.165) is 0 Å². The van der Waals surface area contributed by atoms with Crippen LogP contribution in [0.25, 0.3) is 0 Å². The predicted octanol–water partition coefficient (Wildman–Crippen LogP) is 1.99. The van der Waals surface area contributed by atoms with E-state index in [1.807, 2.05) is 4.90 Å². The summed E-state index contributed by atoms with van der Waals surface area (Å²) < 4.78 is 14.1. The summed E-state index contributed by atoms with van der Waals surface area (Å²) in [6.45, 7) is 3.74. The van der Waals surface area contributed by atoms with Gasteiger partial charge in [-0.2, -0.15) is 0 Å². The first kappa shape index (κ1) is 15.2. The molecule has 1 aromatic rings. The molecule has 6 heteroatoms. The fraction of sp³-hybridized carbons (Fsp3) is 0.500. The molecular weight excluding hydrogens is 283 g/mol. The minimum absolute atomic E-state index is 0.302. The van der Waals surface area contributed by atoms with Crippen LogP contribution < -0.4 is 0 Å². The van der Waals surface area contributed by atoms with Crippen LogP contribution in [0.2, 0.25) is 5.02 Å². The zero-order valence-corrected chi connectivity index (χ0v) is 12.3. The molecule has 0 spiro atoms. The number of likely N-dealkylation sites (N-methyl/N-ethyl adjacent to an activating group) is 1. The van der Waals surface area contributed by atoms with Crippen LogP contribution in [-0.2, 0) is 11.3 Å². The van der Waals surface area contributed by atoms with Crippen molar-refractivity contribution in [1.82, 2.24) is 9.80 Å². The molecule has 0 unspecified atom stereocenters. The third kappa shape index (κ3) is 3.11. The zero-order chi connectivity index (χ0) is 14.9. The van der Waals surface area contributed by atoms with Gasteiger partial charge in [0.2, 0.25) is 0 Å². The molecule has 110 valence electrons. The summed E-state index contributed by atoms with van der Waals surface area (Å²) in [5.41, 5.74) is 0.994. The van der Waals surface area contributed by atoms with Crippen LogP contribution in [0.1, 0.15) is 11.1 Å². The highest BCUT2D eigenvalue weighted by atomic mass is 35.5. The van der Waals surface area contributed by atoms with Crippen molar-refractivity contribution >= 4 is 17.6 Å². The second-order valence-corrected chi connectivity index (χ2v) is 5.63. The quantitative estimate of drug-likeness (QED) is 0.927. The Morgan fingerprint density at radius 3 is 2.85 bits per heavy atom. The van der Waals surface area contributed by atoms with E-state index in [0.29, 0.717) is 42.3 Å². The maximum Gasteiger partial charge on any atom is 0.322 e. The van der Waals surface area contributed by atoms with E-state index >= 15 is 0 Å². The van der Waals surface area contributed by atoms with Crippen molar-refractivity contribution in [2.75, 3.05) is 26.7 Å². The standard InChI is InChI=1S/C14H18ClFN2O2/c1-9-3-4-11(15)10(13(9)16)7-18-6-5-17(2)12(8-18)14(19)20/h3-4,12H,5-8H2,1-2H3,(H,19,20)/t12-/m0/s1. The Kier molecular flexibility index (Phi) is 4.62. The van der Waals surface area contributed by atoms with E-state index in [-0.39, 0.29) is 5.82 Å². The van der Waals surface area contributed by atoms with Gasteiger partial charge in [0.15, 0.2) is 0 Å². The second-order valence-electron chi connectivity index (χ2n) is 5.23. The molecule has 1 heterocycles. The van der Waals surface area contributed by atoms with Crippen LogP contribution in [0.4, 0.5) is 4.39 Å². The molecule has 1 aliphatic rings. The summed E-state index contributed by atoms with van der Waals surface area (Å²) in [5.74, 6) is -1.16. The molecule has 1 N–H and O–H groups in total. The normalized spacial score (nSPS) is 21.1. The van der Waals surface area contributed by atoms with E-state index in [2.05, 4.69) is 0 Å². The Morgan fingerprint density at radius 1 is 1.50 bits per heavy atom. The third-order valence-corrected chi connectivity index (χ3v) is 4.13. The summed E-state index contributed by atoms with van der Waals surface area (Å²) in [7, 11) is 1.79. The summed E-state index contributed by atoms with van der Waals surface area (Å²) >= 11 is 6.05. The van der Waals surface area contributed by atoms with Gasteiger partial charge in [-0.15, -0.1) is 0 Å². The lowest BCUT2D eigenvalue weighted by atomic mass is 10.1. The van der Waals surface area contributed by atoms with Gasteiger partial charge in [-0.05, 0) is 25.6 Å². The SMILES string of the molecule is Cc1ccc(Cl)c(CN2CCN(C)[C@H](C(=O)O)C2)c1F. The van der Waals surface area contributed by atoms with Gasteiger partial charge in [-0.1, -0.05) is 17.7 Å². The summed E-state index contributed by atoms with van der Waals surface area (Å²) in [5, 5.41) is 9.57. The fourth-order valence-corrected chi connectivity index (χ4v) is 2.63. The molecular formula is C14H18ClFN2O2. The van der Waals surface area contributed by atoms with Crippen molar-refractivity contribution in [3.05, 3.63) is 34.1 Å². The number of aliphatic carboxylic acids is 1. The molecule has 20 heavy (non-hydrogen) atoms. The van der Waals surface area contributed by atoms with Crippen molar-refractivity contribution < 1.29 is 14.3 Å². The summed E-state index contributed by atoms with van der Waals surface area (Å²) in [6.07, 6.45) is 0. The number of carboxylic acid groups (broad SMARTS) is 1. The number of aryl methyl sites for hydroxylation is 1. The lowest BCUT2D eigenvalue weighted by molar-refractivity contribution is -0.145. The number of benzene rings is 1. The molecule has 1 saturated heterocycles. The van der Waals surface area contributed by atoms with E-state index in [9.17, 15) is 14.3 Å². The molecule has 0 bridgehead atoms. The highest BCUT2D eigenvalue weighted by molar-refractivity contribution is 6.31. The van der Waals surface area contributed by atoms with Gasteiger partial charge in [0.25, 0.3) is 0 Å². The van der Waals surface area contributed by atoms with Gasteiger partial charge in [0.05, 0.1) is 0 Å². The van der Waals surface area contributed by atoms with E-state index in [1.165, 1.54) is 0 Å². The third-order valence-electron chi connectivity index (χ3n) is 3.78. The average Bonchev–Trinajstić information content (AvgIpc) is 2.40. The first-order chi connectivity index (χ1) is 9.40. The molecule has 1 fully saturated rings. The largest absolute Gasteiger partial charge is 0.480 e. The Hall–Kier alpha value is -1.17. The van der Waals surface area contributed by atoms with E-state index < -0.39 is 12.0 Å².